The molecule has 0 amide bonds. The summed E-state index contributed by atoms with van der Waals surface area (Å²) in [5.41, 5.74) is 0. The smallest absolute Gasteiger partial charge is 0.101 e. The third-order valence-electron chi connectivity index (χ3n) is 2.63. The van der Waals surface area contributed by atoms with Crippen LogP contribution < -0.4 is 14.4 Å². The van der Waals surface area contributed by atoms with Crippen LogP contribution in [0.25, 0.3) is 0 Å². The van der Waals surface area contributed by atoms with Crippen LogP contribution >= 0.6 is 0 Å². The zero-order valence-electron chi connectivity index (χ0n) is 19.8. The highest BCUT2D eigenvalue weighted by Crippen LogP contribution is 1.85. The molecule has 0 saturated carbocycles. The Kier molecular flexibility index (Phi) is 22.2. The summed E-state index contributed by atoms with van der Waals surface area (Å²) in [7, 11) is 13.6. The molecule has 0 radical (unpaired) electrons. The summed E-state index contributed by atoms with van der Waals surface area (Å²) in [6, 6.07) is 0. The molecule has 10 nitrogen and oxygen atoms in total. The van der Waals surface area contributed by atoms with Crippen LogP contribution in [0, 0.1) is 0 Å². The highest BCUT2D eigenvalue weighted by molar-refractivity contribution is 6.42. The fourth-order valence-corrected chi connectivity index (χ4v) is 1.43. The van der Waals surface area contributed by atoms with Gasteiger partial charge in [0.1, 0.15) is 19.6 Å². The Balaban J connectivity index is -0.000000137. The lowest BCUT2D eigenvalue weighted by Crippen LogP contribution is -2.75. The van der Waals surface area contributed by atoms with E-state index in [0.717, 1.165) is 33.1 Å². The average Bonchev–Trinajstić information content (AvgIpc) is 2.34. The van der Waals surface area contributed by atoms with Crippen molar-refractivity contribution in [2.24, 2.45) is 0 Å². The van der Waals surface area contributed by atoms with Crippen molar-refractivity contribution in [1.29, 1.82) is 0 Å². The first kappa shape index (κ1) is 35.3. The van der Waals surface area contributed by atoms with Gasteiger partial charge < -0.3 is 47.6 Å². The molecule has 0 rings (SSSR count). The van der Waals surface area contributed by atoms with Gasteiger partial charge in [-0.05, 0) is 6.92 Å². The van der Waals surface area contributed by atoms with Gasteiger partial charge in [-0.15, -0.1) is 9.05 Å². The third kappa shape index (κ3) is 63.6. The van der Waals surface area contributed by atoms with Gasteiger partial charge in [0.05, 0.1) is 83.2 Å². The zero-order chi connectivity index (χ0) is 23.7. The summed E-state index contributed by atoms with van der Waals surface area (Å²) >= 11 is 0. The molecule has 0 heterocycles. The van der Waals surface area contributed by atoms with Crippen molar-refractivity contribution >= 4 is 9.05 Å². The fourth-order valence-electron chi connectivity index (χ4n) is 1.08. The van der Waals surface area contributed by atoms with E-state index in [1.807, 2.05) is 0 Å². The predicted octanol–water partition coefficient (Wildman–Crippen LogP) is -4.41. The molecule has 3 N–H and O–H groups in total. The van der Waals surface area contributed by atoms with E-state index >= 15 is 0 Å². The molecule has 0 atom stereocenters. The molecule has 28 heavy (non-hydrogen) atoms. The summed E-state index contributed by atoms with van der Waals surface area (Å²) in [6.45, 7) is 4.72. The second-order valence-corrected chi connectivity index (χ2v) is 10.4. The van der Waals surface area contributed by atoms with Gasteiger partial charge in [0.25, 0.3) is 0 Å². The Labute approximate surface area is 173 Å². The molecule has 0 saturated heterocycles. The zero-order valence-corrected chi connectivity index (χ0v) is 20.8. The maximum Gasteiger partial charge on any atom is 0.101 e. The molecule has 176 valence electrons. The van der Waals surface area contributed by atoms with Gasteiger partial charge in [-0.3, -0.25) is 0 Å². The van der Waals surface area contributed by atoms with E-state index in [1.54, 1.807) is 0 Å². The fraction of sp³-hybridized carbons (Fsp3) is 1.00. The van der Waals surface area contributed by atoms with E-state index in [4.69, 9.17) is 15.3 Å². The second kappa shape index (κ2) is 17.7. The van der Waals surface area contributed by atoms with Gasteiger partial charge in [0.2, 0.25) is 0 Å². The molecule has 0 fully saturated rings. The van der Waals surface area contributed by atoms with Gasteiger partial charge >= 0.3 is 0 Å². The maximum atomic E-state index is 9.51. The monoisotopic (exact) mass is 433 g/mol. The number of quaternary nitrogens is 3. The molecule has 0 aromatic rings. The largest absolute Gasteiger partial charge is 0.861 e. The van der Waals surface area contributed by atoms with Crippen LogP contribution in [0.4, 0.5) is 0 Å². The Bertz CT molecular complexity index is 259. The first-order valence-corrected chi connectivity index (χ1v) is 10.9. The second-order valence-electron chi connectivity index (χ2n) is 9.15. The minimum atomic E-state index is -4.91. The van der Waals surface area contributed by atoms with Crippen molar-refractivity contribution in [3.8, 4) is 0 Å². The van der Waals surface area contributed by atoms with Crippen LogP contribution in [0.3, 0.4) is 0 Å². The number of nitrogens with zero attached hydrogens (tertiary/aromatic N) is 3. The van der Waals surface area contributed by atoms with Crippen LogP contribution in [0.2, 0.25) is 0 Å². The van der Waals surface area contributed by atoms with E-state index in [-0.39, 0.29) is 26.4 Å². The van der Waals surface area contributed by atoms with E-state index < -0.39 is 9.05 Å². The maximum absolute atomic E-state index is 9.51. The Morgan fingerprint density at radius 1 is 0.607 bits per heavy atom. The third-order valence-corrected chi connectivity index (χ3v) is 3.28. The first-order chi connectivity index (χ1) is 12.2. The highest BCUT2D eigenvalue weighted by Gasteiger charge is 2.03. The molecule has 0 aromatic carbocycles. The number of hydrogen-bond acceptors (Lipinski definition) is 7. The average molecular weight is 434 g/mol. The summed E-state index contributed by atoms with van der Waals surface area (Å²) in [4.78, 5) is 28.5. The van der Waals surface area contributed by atoms with Crippen LogP contribution in [0.15, 0.2) is 0 Å². The van der Waals surface area contributed by atoms with Gasteiger partial charge in [0, 0.05) is 6.61 Å². The Morgan fingerprint density at radius 3 is 0.821 bits per heavy atom. The molecule has 0 aliphatic rings. The molecule has 0 aromatic heterocycles. The predicted molar refractivity (Wildman–Crippen MR) is 107 cm³/mol. The quantitative estimate of drug-likeness (QED) is 0.259. The number of likely N-dealkylation sites (N-methyl/N-ethyl adjacent to an activating group) is 3. The van der Waals surface area contributed by atoms with Crippen molar-refractivity contribution in [1.82, 2.24) is 0 Å². The van der Waals surface area contributed by atoms with Gasteiger partial charge in [-0.1, -0.05) is 0 Å². The lowest BCUT2D eigenvalue weighted by molar-refractivity contribution is -0.870. The van der Waals surface area contributed by atoms with Crippen LogP contribution in [-0.4, -0.2) is 147 Å². The van der Waals surface area contributed by atoms with E-state index in [9.17, 15) is 14.4 Å². The molecule has 0 aliphatic carbocycles. The van der Waals surface area contributed by atoms with E-state index in [0.29, 0.717) is 0 Å². The minimum absolute atomic E-state index is 0.0667. The Hall–Kier alpha value is -0.183. The van der Waals surface area contributed by atoms with E-state index in [1.165, 1.54) is 6.92 Å². The van der Waals surface area contributed by atoms with Crippen LogP contribution in [0.1, 0.15) is 6.92 Å². The normalized spacial score (nSPS) is 12.0. The molecule has 0 bridgehead atoms. The van der Waals surface area contributed by atoms with Crippen LogP contribution in [0.5, 0.6) is 0 Å². The van der Waals surface area contributed by atoms with Crippen LogP contribution in [-0.2, 0) is 4.43 Å². The number of aliphatic hydroxyl groups excluding tert-OH is 3. The van der Waals surface area contributed by atoms with Gasteiger partial charge in [-0.2, -0.15) is 0 Å². The summed E-state index contributed by atoms with van der Waals surface area (Å²) in [5, 5.41) is 25.2. The van der Waals surface area contributed by atoms with E-state index in [2.05, 4.69) is 67.9 Å². The van der Waals surface area contributed by atoms with Crippen molar-refractivity contribution in [2.45, 2.75) is 6.92 Å². The molecular weight excluding hydrogens is 386 g/mol. The topological polar surface area (TPSA) is 139 Å². The van der Waals surface area contributed by atoms with Crippen molar-refractivity contribution in [3.63, 3.8) is 0 Å². The highest BCUT2D eigenvalue weighted by atomic mass is 28.4. The molecule has 0 spiro atoms. The number of hydrogen-bond donors (Lipinski definition) is 3. The SMILES string of the molecule is CCO[Si]([O-])([O-])[O-].C[N+](C)(C)CCO.C[N+](C)(C)CCO.C[N+](C)(C)CCO. The van der Waals surface area contributed by atoms with Crippen molar-refractivity contribution in [2.75, 3.05) is 109 Å². The Morgan fingerprint density at radius 2 is 0.821 bits per heavy atom. The molecule has 0 aliphatic heterocycles. The standard InChI is InChI=1S/3C5H14NO.C2H5O4Si/c3*1-6(2,3)4-5-7;1-2-6-7(3,4)5/h3*7H,4-5H2,1-3H3;2H2,1H3/q3*+1;-3. The first-order valence-electron chi connectivity index (χ1n) is 9.23. The van der Waals surface area contributed by atoms with Gasteiger partial charge in [0.15, 0.2) is 0 Å². The van der Waals surface area contributed by atoms with Gasteiger partial charge in [-0.25, -0.2) is 0 Å². The lowest BCUT2D eigenvalue weighted by Gasteiger charge is -2.53. The summed E-state index contributed by atoms with van der Waals surface area (Å²) in [6.07, 6.45) is 0. The molecule has 0 unspecified atom stereocenters. The number of aliphatic hydroxyl groups is 3. The molecule has 11 heteroatoms. The van der Waals surface area contributed by atoms with Crippen molar-refractivity contribution < 1.29 is 47.6 Å². The summed E-state index contributed by atoms with van der Waals surface area (Å²) < 4.78 is 6.23. The van der Waals surface area contributed by atoms with Crippen molar-refractivity contribution in [3.05, 3.63) is 0 Å². The molecular formula is C17H47N3O7Si. The minimum Gasteiger partial charge on any atom is -0.861 e. The summed E-state index contributed by atoms with van der Waals surface area (Å²) in [5.74, 6) is 0. The lowest BCUT2D eigenvalue weighted by atomic mass is 10.5. The number of rotatable bonds is 8.